The predicted octanol–water partition coefficient (Wildman–Crippen LogP) is 3.43. The van der Waals surface area contributed by atoms with Crippen LogP contribution in [0.15, 0.2) is 60.7 Å². The monoisotopic (exact) mass is 548 g/mol. The number of esters is 2. The maximum Gasteiger partial charge on any atom is 0.313 e. The van der Waals surface area contributed by atoms with Gasteiger partial charge in [0.1, 0.15) is 23.2 Å². The summed E-state index contributed by atoms with van der Waals surface area (Å²) in [5, 5.41) is 13.2. The Hall–Kier alpha value is -4.44. The zero-order valence-corrected chi connectivity index (χ0v) is 22.3. The van der Waals surface area contributed by atoms with Crippen molar-refractivity contribution in [1.82, 2.24) is 0 Å². The highest BCUT2D eigenvalue weighted by Gasteiger charge is 2.80. The molecule has 10 nitrogen and oxygen atoms in total. The lowest BCUT2D eigenvalue weighted by atomic mass is 9.70. The number of benzene rings is 3. The first-order valence-electron chi connectivity index (χ1n) is 12.7. The molecule has 10 heteroatoms. The second-order valence-electron chi connectivity index (χ2n) is 9.84. The summed E-state index contributed by atoms with van der Waals surface area (Å²) in [5.74, 6) is -1.59. The third kappa shape index (κ3) is 3.38. The molecule has 0 radical (unpaired) electrons. The molecule has 0 aromatic heterocycles. The first-order chi connectivity index (χ1) is 19.3. The third-order valence-corrected chi connectivity index (χ3v) is 7.97. The van der Waals surface area contributed by atoms with Gasteiger partial charge in [-0.05, 0) is 17.7 Å². The lowest BCUT2D eigenvalue weighted by molar-refractivity contribution is -0.185. The molecular weight excluding hydrogens is 520 g/mol. The number of carbonyl (C=O) groups is 2. The summed E-state index contributed by atoms with van der Waals surface area (Å²) in [6, 6.07) is 17.5. The van der Waals surface area contributed by atoms with Gasteiger partial charge in [-0.2, -0.15) is 0 Å². The van der Waals surface area contributed by atoms with Gasteiger partial charge >= 0.3 is 11.9 Å². The van der Waals surface area contributed by atoms with Gasteiger partial charge in [-0.3, -0.25) is 9.59 Å². The van der Waals surface area contributed by atoms with Crippen LogP contribution < -0.4 is 23.7 Å². The molecule has 6 rings (SSSR count). The van der Waals surface area contributed by atoms with E-state index in [0.717, 1.165) is 0 Å². The van der Waals surface area contributed by atoms with E-state index >= 15 is 0 Å². The fraction of sp³-hybridized carbons (Fsp3) is 0.333. The molecule has 2 heterocycles. The molecule has 40 heavy (non-hydrogen) atoms. The van der Waals surface area contributed by atoms with E-state index in [1.807, 2.05) is 30.3 Å². The van der Waals surface area contributed by atoms with Crippen LogP contribution in [0, 0.1) is 5.92 Å². The van der Waals surface area contributed by atoms with Gasteiger partial charge in [0.15, 0.2) is 28.8 Å². The van der Waals surface area contributed by atoms with Crippen molar-refractivity contribution in [1.29, 1.82) is 0 Å². The zero-order chi connectivity index (χ0) is 28.2. The Kier molecular flexibility index (Phi) is 6.03. The molecule has 3 aromatic carbocycles. The second kappa shape index (κ2) is 9.34. The van der Waals surface area contributed by atoms with Gasteiger partial charge in [0.2, 0.25) is 6.79 Å². The molecule has 1 saturated carbocycles. The number of hydrogen-bond acceptors (Lipinski definition) is 10. The van der Waals surface area contributed by atoms with Crippen molar-refractivity contribution in [3.63, 3.8) is 0 Å². The number of carbonyl (C=O) groups excluding carboxylic acids is 2. The van der Waals surface area contributed by atoms with Crippen LogP contribution in [0.1, 0.15) is 29.5 Å². The minimum absolute atomic E-state index is 0.0329. The van der Waals surface area contributed by atoms with Gasteiger partial charge in [-0.15, -0.1) is 0 Å². The van der Waals surface area contributed by atoms with Gasteiger partial charge in [0.05, 0.1) is 26.9 Å². The minimum atomic E-state index is -2.14. The van der Waals surface area contributed by atoms with Gasteiger partial charge in [-0.1, -0.05) is 36.4 Å². The van der Waals surface area contributed by atoms with E-state index in [9.17, 15) is 14.7 Å². The minimum Gasteiger partial charge on any atom is -0.496 e. The number of rotatable bonds is 6. The summed E-state index contributed by atoms with van der Waals surface area (Å²) in [7, 11) is 4.20. The quantitative estimate of drug-likeness (QED) is 0.459. The van der Waals surface area contributed by atoms with Crippen LogP contribution in [0.3, 0.4) is 0 Å². The molecule has 0 amide bonds. The molecule has 5 unspecified atom stereocenters. The number of aliphatic hydroxyl groups is 1. The number of ether oxygens (including phenoxy) is 7. The Morgan fingerprint density at radius 3 is 2.35 bits per heavy atom. The molecule has 1 fully saturated rings. The van der Waals surface area contributed by atoms with E-state index in [2.05, 4.69) is 0 Å². The molecule has 0 saturated heterocycles. The summed E-state index contributed by atoms with van der Waals surface area (Å²) in [4.78, 5) is 26.2. The van der Waals surface area contributed by atoms with Crippen molar-refractivity contribution >= 4 is 11.9 Å². The third-order valence-electron chi connectivity index (χ3n) is 7.97. The van der Waals surface area contributed by atoms with Crippen molar-refractivity contribution in [2.24, 2.45) is 5.92 Å². The summed E-state index contributed by atoms with van der Waals surface area (Å²) in [6.07, 6.45) is -1.43. The van der Waals surface area contributed by atoms with Gasteiger partial charge < -0.3 is 38.3 Å². The van der Waals surface area contributed by atoms with E-state index in [1.54, 1.807) is 30.3 Å². The summed E-state index contributed by atoms with van der Waals surface area (Å²) < 4.78 is 40.4. The summed E-state index contributed by atoms with van der Waals surface area (Å²) in [5.41, 5.74) is -2.53. The average molecular weight is 549 g/mol. The van der Waals surface area contributed by atoms with Crippen LogP contribution in [-0.4, -0.2) is 51.3 Å². The highest BCUT2D eigenvalue weighted by molar-refractivity contribution is 5.80. The zero-order valence-electron chi connectivity index (χ0n) is 22.3. The number of fused-ring (bicyclic) bond motifs is 4. The first-order valence-corrected chi connectivity index (χ1v) is 12.7. The Morgan fingerprint density at radius 1 is 0.925 bits per heavy atom. The Bertz CT molecular complexity index is 1490. The van der Waals surface area contributed by atoms with Crippen molar-refractivity contribution in [3.8, 4) is 28.7 Å². The first kappa shape index (κ1) is 25.8. The normalized spacial score (nSPS) is 27.3. The molecule has 1 N–H and O–H groups in total. The van der Waals surface area contributed by atoms with Crippen LogP contribution in [-0.2, 0) is 30.3 Å². The maximum absolute atomic E-state index is 13.6. The standard InChI is InChI=1S/C30H28O10/c1-16(31)39-27-24(28(32)36-4)25(17-8-6-5-7-9-17)30(18-10-11-20-21(12-18)38-15-37-20)29(27,33)26-22(35-3)13-19(34-2)14-23(26)40-30/h5-14,24-25,27,33H,15H2,1-4H3. The van der Waals surface area contributed by atoms with E-state index < -0.39 is 41.1 Å². The Balaban J connectivity index is 1.74. The molecule has 3 aliphatic rings. The predicted molar refractivity (Wildman–Crippen MR) is 139 cm³/mol. The van der Waals surface area contributed by atoms with Gasteiger partial charge in [0, 0.05) is 30.5 Å². The summed E-state index contributed by atoms with van der Waals surface area (Å²) in [6.45, 7) is 1.25. The van der Waals surface area contributed by atoms with Crippen LogP contribution >= 0.6 is 0 Å². The van der Waals surface area contributed by atoms with Gasteiger partial charge in [0.25, 0.3) is 0 Å². The second-order valence-corrected chi connectivity index (χ2v) is 9.84. The molecular formula is C30H28O10. The molecule has 2 aliphatic heterocycles. The van der Waals surface area contributed by atoms with E-state index in [4.69, 9.17) is 33.2 Å². The fourth-order valence-electron chi connectivity index (χ4n) is 6.50. The van der Waals surface area contributed by atoms with Crippen molar-refractivity contribution in [2.45, 2.75) is 30.1 Å². The van der Waals surface area contributed by atoms with Crippen LogP contribution in [0.5, 0.6) is 28.7 Å². The molecule has 0 bridgehead atoms. The van der Waals surface area contributed by atoms with Crippen LogP contribution in [0.4, 0.5) is 0 Å². The maximum atomic E-state index is 13.6. The Morgan fingerprint density at radius 2 is 1.68 bits per heavy atom. The van der Waals surface area contributed by atoms with E-state index in [0.29, 0.717) is 28.4 Å². The topological polar surface area (TPSA) is 119 Å². The molecule has 5 atom stereocenters. The average Bonchev–Trinajstić information content (AvgIpc) is 3.60. The number of hydrogen-bond donors (Lipinski definition) is 1. The molecule has 0 spiro atoms. The van der Waals surface area contributed by atoms with Crippen LogP contribution in [0.25, 0.3) is 0 Å². The molecule has 208 valence electrons. The van der Waals surface area contributed by atoms with E-state index in [-0.39, 0.29) is 23.9 Å². The van der Waals surface area contributed by atoms with Crippen molar-refractivity contribution < 1.29 is 47.9 Å². The SMILES string of the molecule is COC(=O)C1C(OC(C)=O)C2(O)c3c(OC)cc(OC)cc3OC2(c2ccc3c(c2)OCO3)C1c1ccccc1. The highest BCUT2D eigenvalue weighted by Crippen LogP contribution is 2.71. The number of methoxy groups -OCH3 is 3. The largest absolute Gasteiger partial charge is 0.496 e. The van der Waals surface area contributed by atoms with Crippen LogP contribution in [0.2, 0.25) is 0 Å². The summed E-state index contributed by atoms with van der Waals surface area (Å²) >= 11 is 0. The fourth-order valence-corrected chi connectivity index (χ4v) is 6.50. The van der Waals surface area contributed by atoms with E-state index in [1.165, 1.54) is 28.3 Å². The van der Waals surface area contributed by atoms with Crippen molar-refractivity contribution in [3.05, 3.63) is 77.4 Å². The smallest absolute Gasteiger partial charge is 0.313 e. The Labute approximate surface area is 230 Å². The van der Waals surface area contributed by atoms with Crippen molar-refractivity contribution in [2.75, 3.05) is 28.1 Å². The lowest BCUT2D eigenvalue weighted by Gasteiger charge is -2.41. The lowest BCUT2D eigenvalue weighted by Crippen LogP contribution is -2.53. The van der Waals surface area contributed by atoms with Gasteiger partial charge in [-0.25, -0.2) is 0 Å². The molecule has 1 aliphatic carbocycles. The highest BCUT2D eigenvalue weighted by atomic mass is 16.7. The molecule has 3 aromatic rings.